The van der Waals surface area contributed by atoms with Gasteiger partial charge in [0.1, 0.15) is 5.75 Å². The lowest BCUT2D eigenvalue weighted by Gasteiger charge is -2.38. The van der Waals surface area contributed by atoms with Gasteiger partial charge in [-0.1, -0.05) is 19.1 Å². The number of benzene rings is 1. The monoisotopic (exact) mass is 312 g/mol. The van der Waals surface area contributed by atoms with E-state index in [0.717, 1.165) is 31.5 Å². The second kappa shape index (κ2) is 6.57. The van der Waals surface area contributed by atoms with E-state index < -0.39 is 6.36 Å². The predicted octanol–water partition coefficient (Wildman–Crippen LogP) is 4.10. The van der Waals surface area contributed by atoms with E-state index in [0.29, 0.717) is 13.0 Å². The van der Waals surface area contributed by atoms with Crippen LogP contribution in [0.4, 0.5) is 13.2 Å². The lowest BCUT2D eigenvalue weighted by atomic mass is 9.78. The van der Waals surface area contributed by atoms with E-state index in [-0.39, 0.29) is 11.2 Å². The molecule has 0 bridgehead atoms. The normalized spacial score (nSPS) is 18.7. The first-order valence-corrected chi connectivity index (χ1v) is 7.24. The quantitative estimate of drug-likeness (QED) is 0.840. The predicted molar refractivity (Wildman–Crippen MR) is 76.0 cm³/mol. The summed E-state index contributed by atoms with van der Waals surface area (Å²) in [4.78, 5) is 2.26. The first-order valence-electron chi connectivity index (χ1n) is 7.24. The third-order valence-electron chi connectivity index (χ3n) is 4.13. The maximum absolute atomic E-state index is 12.1. The molecule has 0 unspecified atom stereocenters. The van der Waals surface area contributed by atoms with Crippen LogP contribution in [0.3, 0.4) is 0 Å². The van der Waals surface area contributed by atoms with E-state index in [2.05, 4.69) is 22.6 Å². The molecule has 1 saturated heterocycles. The molecule has 0 radical (unpaired) electrons. The summed E-state index contributed by atoms with van der Waals surface area (Å²) in [7, 11) is 0. The van der Waals surface area contributed by atoms with Crippen LogP contribution in [0.2, 0.25) is 0 Å². The molecule has 22 heavy (non-hydrogen) atoms. The zero-order valence-electron chi connectivity index (χ0n) is 12.5. The van der Waals surface area contributed by atoms with Crippen molar-refractivity contribution in [1.29, 1.82) is 5.26 Å². The van der Waals surface area contributed by atoms with Crippen molar-refractivity contribution in [3.05, 3.63) is 29.8 Å². The average molecular weight is 312 g/mol. The van der Waals surface area contributed by atoms with Gasteiger partial charge in [0.15, 0.2) is 0 Å². The Bertz CT molecular complexity index is 526. The molecule has 120 valence electrons. The van der Waals surface area contributed by atoms with Crippen molar-refractivity contribution in [3.8, 4) is 11.8 Å². The van der Waals surface area contributed by atoms with Crippen LogP contribution in [0.5, 0.6) is 5.75 Å². The van der Waals surface area contributed by atoms with Crippen molar-refractivity contribution >= 4 is 0 Å². The number of hydrogen-bond donors (Lipinski definition) is 0. The van der Waals surface area contributed by atoms with E-state index in [1.807, 2.05) is 0 Å². The summed E-state index contributed by atoms with van der Waals surface area (Å²) in [6.07, 6.45) is -2.14. The van der Waals surface area contributed by atoms with Crippen molar-refractivity contribution < 1.29 is 17.9 Å². The van der Waals surface area contributed by atoms with Gasteiger partial charge in [-0.3, -0.25) is 4.90 Å². The minimum Gasteiger partial charge on any atom is -0.406 e. The topological polar surface area (TPSA) is 36.3 Å². The fourth-order valence-electron chi connectivity index (χ4n) is 2.67. The molecule has 0 aromatic heterocycles. The molecular formula is C16H19F3N2O. The number of likely N-dealkylation sites (tertiary alicyclic amines) is 1. The molecule has 3 nitrogen and oxygen atoms in total. The van der Waals surface area contributed by atoms with E-state index in [1.54, 1.807) is 12.1 Å². The molecule has 0 saturated carbocycles. The minimum atomic E-state index is -4.65. The van der Waals surface area contributed by atoms with Gasteiger partial charge in [-0.2, -0.15) is 5.26 Å². The molecule has 2 rings (SSSR count). The van der Waals surface area contributed by atoms with Crippen molar-refractivity contribution in [2.75, 3.05) is 13.1 Å². The summed E-state index contributed by atoms with van der Waals surface area (Å²) < 4.78 is 40.1. The molecular weight excluding hydrogens is 293 g/mol. The second-order valence-electron chi connectivity index (χ2n) is 6.11. The van der Waals surface area contributed by atoms with Crippen LogP contribution in [-0.4, -0.2) is 24.4 Å². The van der Waals surface area contributed by atoms with Crippen LogP contribution >= 0.6 is 0 Å². The van der Waals surface area contributed by atoms with Crippen molar-refractivity contribution in [2.45, 2.75) is 39.1 Å². The molecule has 0 atom stereocenters. The Morgan fingerprint density at radius 2 is 1.82 bits per heavy atom. The molecule has 1 aliphatic rings. The van der Waals surface area contributed by atoms with Crippen molar-refractivity contribution in [2.24, 2.45) is 5.41 Å². The number of nitrogens with zero attached hydrogens (tertiary/aromatic N) is 2. The molecule has 0 N–H and O–H groups in total. The number of nitriles is 1. The third kappa shape index (κ3) is 4.92. The van der Waals surface area contributed by atoms with Gasteiger partial charge in [0.25, 0.3) is 0 Å². The third-order valence-corrected chi connectivity index (χ3v) is 4.13. The van der Waals surface area contributed by atoms with E-state index in [4.69, 9.17) is 5.26 Å². The highest BCUT2D eigenvalue weighted by Crippen LogP contribution is 2.34. The molecule has 1 aliphatic heterocycles. The molecule has 1 fully saturated rings. The second-order valence-corrected chi connectivity index (χ2v) is 6.11. The summed E-state index contributed by atoms with van der Waals surface area (Å²) in [5.74, 6) is -0.198. The van der Waals surface area contributed by atoms with Gasteiger partial charge in [-0.05, 0) is 49.0 Å². The number of alkyl halides is 3. The highest BCUT2D eigenvalue weighted by Gasteiger charge is 2.31. The van der Waals surface area contributed by atoms with Crippen molar-refractivity contribution in [1.82, 2.24) is 4.90 Å². The fourth-order valence-corrected chi connectivity index (χ4v) is 2.67. The van der Waals surface area contributed by atoms with Gasteiger partial charge in [-0.15, -0.1) is 13.2 Å². The number of hydrogen-bond acceptors (Lipinski definition) is 3. The number of piperidine rings is 1. The summed E-state index contributed by atoms with van der Waals surface area (Å²) >= 11 is 0. The average Bonchev–Trinajstić information content (AvgIpc) is 2.42. The summed E-state index contributed by atoms with van der Waals surface area (Å²) in [6, 6.07) is 8.24. The first-order chi connectivity index (χ1) is 10.3. The number of halogens is 3. The van der Waals surface area contributed by atoms with Crippen LogP contribution < -0.4 is 4.74 Å². The molecule has 1 aromatic carbocycles. The highest BCUT2D eigenvalue weighted by atomic mass is 19.4. The molecule has 0 amide bonds. The standard InChI is InChI=1S/C16H19F3N2O/c1-15(6-9-20)7-10-21(11-8-15)12-13-2-4-14(5-3-13)22-16(17,18)19/h2-5H,6-8,10-12H2,1H3. The maximum atomic E-state index is 12.1. The first kappa shape index (κ1) is 16.6. The van der Waals surface area contributed by atoms with Crippen LogP contribution in [0.1, 0.15) is 31.7 Å². The highest BCUT2D eigenvalue weighted by molar-refractivity contribution is 5.27. The van der Waals surface area contributed by atoms with Crippen molar-refractivity contribution in [3.63, 3.8) is 0 Å². The zero-order valence-corrected chi connectivity index (χ0v) is 12.5. The van der Waals surface area contributed by atoms with E-state index in [1.165, 1.54) is 12.1 Å². The summed E-state index contributed by atoms with van der Waals surface area (Å²) in [5.41, 5.74) is 1.05. The Morgan fingerprint density at radius 1 is 1.23 bits per heavy atom. The molecule has 0 spiro atoms. The van der Waals surface area contributed by atoms with Crippen LogP contribution in [0.15, 0.2) is 24.3 Å². The van der Waals surface area contributed by atoms with Gasteiger partial charge in [0, 0.05) is 13.0 Å². The Hall–Kier alpha value is -1.74. The largest absolute Gasteiger partial charge is 0.573 e. The fraction of sp³-hybridized carbons (Fsp3) is 0.562. The Labute approximate surface area is 128 Å². The van der Waals surface area contributed by atoms with Crippen LogP contribution in [0, 0.1) is 16.7 Å². The SMILES string of the molecule is CC1(CC#N)CCN(Cc2ccc(OC(F)(F)F)cc2)CC1. The van der Waals surface area contributed by atoms with Crippen LogP contribution in [-0.2, 0) is 6.54 Å². The summed E-state index contributed by atoms with van der Waals surface area (Å²) in [5, 5.41) is 8.84. The number of ether oxygens (including phenoxy) is 1. The smallest absolute Gasteiger partial charge is 0.406 e. The van der Waals surface area contributed by atoms with Gasteiger partial charge in [0.2, 0.25) is 0 Å². The lowest BCUT2D eigenvalue weighted by molar-refractivity contribution is -0.274. The Kier molecular flexibility index (Phi) is 4.97. The molecule has 1 aromatic rings. The van der Waals surface area contributed by atoms with Crippen LogP contribution in [0.25, 0.3) is 0 Å². The zero-order chi connectivity index (χ0) is 16.2. The Balaban J connectivity index is 1.86. The van der Waals surface area contributed by atoms with Gasteiger partial charge < -0.3 is 4.74 Å². The minimum absolute atomic E-state index is 0.0929. The van der Waals surface area contributed by atoms with Gasteiger partial charge in [0.05, 0.1) is 6.07 Å². The van der Waals surface area contributed by atoms with Gasteiger partial charge >= 0.3 is 6.36 Å². The lowest BCUT2D eigenvalue weighted by Crippen LogP contribution is -2.38. The van der Waals surface area contributed by atoms with E-state index in [9.17, 15) is 13.2 Å². The van der Waals surface area contributed by atoms with E-state index >= 15 is 0 Å². The maximum Gasteiger partial charge on any atom is 0.573 e. The molecule has 6 heteroatoms. The number of rotatable bonds is 4. The van der Waals surface area contributed by atoms with Gasteiger partial charge in [-0.25, -0.2) is 0 Å². The molecule has 1 heterocycles. The Morgan fingerprint density at radius 3 is 2.32 bits per heavy atom. The molecule has 0 aliphatic carbocycles. The summed E-state index contributed by atoms with van der Waals surface area (Å²) in [6.45, 7) is 4.64.